The highest BCUT2D eigenvalue weighted by Gasteiger charge is 2.15. The summed E-state index contributed by atoms with van der Waals surface area (Å²) in [4.78, 5) is 0. The summed E-state index contributed by atoms with van der Waals surface area (Å²) in [5.41, 5.74) is 0. The quantitative estimate of drug-likeness (QED) is 0.579. The van der Waals surface area contributed by atoms with Crippen LogP contribution in [0.1, 0.15) is 46.0 Å². The van der Waals surface area contributed by atoms with E-state index < -0.39 is 0 Å². The summed E-state index contributed by atoms with van der Waals surface area (Å²) < 4.78 is 0. The minimum absolute atomic E-state index is 0.0851. The van der Waals surface area contributed by atoms with Crippen LogP contribution in [0.15, 0.2) is 0 Å². The van der Waals surface area contributed by atoms with Crippen LogP contribution in [0.3, 0.4) is 0 Å². The lowest BCUT2D eigenvalue weighted by Crippen LogP contribution is -2.22. The van der Waals surface area contributed by atoms with E-state index in [0.717, 1.165) is 19.3 Å². The molecule has 0 aliphatic rings. The summed E-state index contributed by atoms with van der Waals surface area (Å²) in [6.45, 7) is 4.27. The van der Waals surface area contributed by atoms with Gasteiger partial charge in [-0.15, -0.1) is 0 Å². The number of hydrogen-bond donors (Lipinski definition) is 2. The fourth-order valence-corrected chi connectivity index (χ4v) is 1.36. The molecule has 2 unspecified atom stereocenters. The van der Waals surface area contributed by atoms with Crippen molar-refractivity contribution in [3.8, 4) is 0 Å². The zero-order chi connectivity index (χ0) is 9.40. The van der Waals surface area contributed by atoms with E-state index in [1.807, 2.05) is 6.92 Å². The van der Waals surface area contributed by atoms with Crippen LogP contribution in [-0.2, 0) is 0 Å². The number of hydrogen-bond acceptors (Lipinski definition) is 2. The lowest BCUT2D eigenvalue weighted by Gasteiger charge is -2.18. The maximum atomic E-state index is 9.58. The van der Waals surface area contributed by atoms with Gasteiger partial charge < -0.3 is 10.2 Å². The normalized spacial score (nSPS) is 16.0. The van der Waals surface area contributed by atoms with Crippen molar-refractivity contribution in [2.45, 2.75) is 52.1 Å². The summed E-state index contributed by atoms with van der Waals surface area (Å²) in [6.07, 6.45) is 4.85. The lowest BCUT2D eigenvalue weighted by atomic mass is 9.96. The number of aliphatic hydroxyl groups excluding tert-OH is 2. The third kappa shape index (κ3) is 4.73. The van der Waals surface area contributed by atoms with Crippen LogP contribution < -0.4 is 0 Å². The van der Waals surface area contributed by atoms with E-state index in [1.54, 1.807) is 0 Å². The van der Waals surface area contributed by atoms with Gasteiger partial charge in [0.25, 0.3) is 0 Å². The molecular formula is C10H22O2. The number of aliphatic hydroxyl groups is 2. The third-order valence-electron chi connectivity index (χ3n) is 2.41. The molecule has 2 heteroatoms. The Morgan fingerprint density at radius 1 is 1.17 bits per heavy atom. The van der Waals surface area contributed by atoms with Crippen LogP contribution >= 0.6 is 0 Å². The Kier molecular flexibility index (Phi) is 7.51. The zero-order valence-corrected chi connectivity index (χ0v) is 8.29. The van der Waals surface area contributed by atoms with Crippen molar-refractivity contribution >= 4 is 0 Å². The summed E-state index contributed by atoms with van der Waals surface area (Å²) >= 11 is 0. The van der Waals surface area contributed by atoms with Crippen LogP contribution in [-0.4, -0.2) is 22.9 Å². The van der Waals surface area contributed by atoms with Crippen LogP contribution in [0, 0.1) is 5.92 Å². The molecule has 0 amide bonds. The first-order chi connectivity index (χ1) is 5.76. The highest BCUT2D eigenvalue weighted by molar-refractivity contribution is 4.66. The zero-order valence-electron chi connectivity index (χ0n) is 8.29. The monoisotopic (exact) mass is 174 g/mol. The Balaban J connectivity index is 3.47. The van der Waals surface area contributed by atoms with Crippen molar-refractivity contribution in [1.29, 1.82) is 0 Å². The molecule has 0 saturated heterocycles. The van der Waals surface area contributed by atoms with Gasteiger partial charge in [0.2, 0.25) is 0 Å². The Hall–Kier alpha value is -0.0800. The highest BCUT2D eigenvalue weighted by atomic mass is 16.3. The van der Waals surface area contributed by atoms with E-state index in [4.69, 9.17) is 5.11 Å². The molecule has 0 aromatic heterocycles. The summed E-state index contributed by atoms with van der Waals surface area (Å²) in [5, 5.41) is 18.5. The van der Waals surface area contributed by atoms with Crippen molar-refractivity contribution in [2.24, 2.45) is 5.92 Å². The molecule has 0 aromatic carbocycles. The molecule has 12 heavy (non-hydrogen) atoms. The summed E-state index contributed by atoms with van der Waals surface area (Å²) in [7, 11) is 0. The summed E-state index contributed by atoms with van der Waals surface area (Å²) in [5.74, 6) is 0.0851. The van der Waals surface area contributed by atoms with Gasteiger partial charge in [0.15, 0.2) is 0 Å². The van der Waals surface area contributed by atoms with Gasteiger partial charge in [-0.25, -0.2) is 0 Å². The molecule has 2 N–H and O–H groups in total. The molecule has 0 aliphatic heterocycles. The fourth-order valence-electron chi connectivity index (χ4n) is 1.36. The maximum Gasteiger partial charge on any atom is 0.0590 e. The first-order valence-corrected chi connectivity index (χ1v) is 5.05. The molecule has 0 heterocycles. The van der Waals surface area contributed by atoms with Crippen LogP contribution in [0.4, 0.5) is 0 Å². The SMILES string of the molecule is CCCCCC(O)C(CC)CO. The van der Waals surface area contributed by atoms with Gasteiger partial charge in [0.05, 0.1) is 6.10 Å². The molecule has 0 spiro atoms. The van der Waals surface area contributed by atoms with Crippen molar-refractivity contribution in [3.63, 3.8) is 0 Å². The van der Waals surface area contributed by atoms with Gasteiger partial charge in [0, 0.05) is 12.5 Å². The van der Waals surface area contributed by atoms with E-state index in [2.05, 4.69) is 6.92 Å². The molecule has 0 fully saturated rings. The highest BCUT2D eigenvalue weighted by Crippen LogP contribution is 2.14. The Morgan fingerprint density at radius 2 is 1.83 bits per heavy atom. The van der Waals surface area contributed by atoms with Gasteiger partial charge in [-0.1, -0.05) is 33.1 Å². The van der Waals surface area contributed by atoms with E-state index in [1.165, 1.54) is 12.8 Å². The molecule has 0 bridgehead atoms. The van der Waals surface area contributed by atoms with Gasteiger partial charge in [-0.2, -0.15) is 0 Å². The fraction of sp³-hybridized carbons (Fsp3) is 1.00. The van der Waals surface area contributed by atoms with Crippen LogP contribution in [0.2, 0.25) is 0 Å². The van der Waals surface area contributed by atoms with Crippen molar-refractivity contribution in [2.75, 3.05) is 6.61 Å². The summed E-state index contributed by atoms with van der Waals surface area (Å²) in [6, 6.07) is 0. The molecule has 2 atom stereocenters. The van der Waals surface area contributed by atoms with Crippen molar-refractivity contribution in [3.05, 3.63) is 0 Å². The standard InChI is InChI=1S/C10H22O2/c1-3-5-6-7-10(12)9(4-2)8-11/h9-12H,3-8H2,1-2H3. The first-order valence-electron chi connectivity index (χ1n) is 5.05. The topological polar surface area (TPSA) is 40.5 Å². The minimum atomic E-state index is -0.299. The molecule has 0 aliphatic carbocycles. The molecule has 0 radical (unpaired) electrons. The number of unbranched alkanes of at least 4 members (excludes halogenated alkanes) is 2. The Bertz CT molecular complexity index is 89.8. The van der Waals surface area contributed by atoms with Gasteiger partial charge in [-0.05, 0) is 12.8 Å². The van der Waals surface area contributed by atoms with Gasteiger partial charge in [-0.3, -0.25) is 0 Å². The van der Waals surface area contributed by atoms with Crippen molar-refractivity contribution in [1.82, 2.24) is 0 Å². The average molecular weight is 174 g/mol. The van der Waals surface area contributed by atoms with E-state index in [0.29, 0.717) is 0 Å². The van der Waals surface area contributed by atoms with Crippen LogP contribution in [0.5, 0.6) is 0 Å². The lowest BCUT2D eigenvalue weighted by molar-refractivity contribution is 0.0570. The van der Waals surface area contributed by atoms with Crippen LogP contribution in [0.25, 0.3) is 0 Å². The average Bonchev–Trinajstić information content (AvgIpc) is 2.07. The van der Waals surface area contributed by atoms with E-state index in [9.17, 15) is 5.11 Å². The van der Waals surface area contributed by atoms with E-state index in [-0.39, 0.29) is 18.6 Å². The Labute approximate surface area is 75.6 Å². The first kappa shape index (κ1) is 11.9. The molecular weight excluding hydrogens is 152 g/mol. The largest absolute Gasteiger partial charge is 0.396 e. The Morgan fingerprint density at radius 3 is 2.25 bits per heavy atom. The second kappa shape index (κ2) is 7.56. The van der Waals surface area contributed by atoms with Gasteiger partial charge >= 0.3 is 0 Å². The predicted molar refractivity (Wildman–Crippen MR) is 51.0 cm³/mol. The van der Waals surface area contributed by atoms with Crippen molar-refractivity contribution < 1.29 is 10.2 Å². The predicted octanol–water partition coefficient (Wildman–Crippen LogP) is 1.95. The second-order valence-corrected chi connectivity index (χ2v) is 3.41. The molecule has 0 saturated carbocycles. The second-order valence-electron chi connectivity index (χ2n) is 3.41. The third-order valence-corrected chi connectivity index (χ3v) is 2.41. The molecule has 0 aromatic rings. The van der Waals surface area contributed by atoms with Gasteiger partial charge in [0.1, 0.15) is 0 Å². The maximum absolute atomic E-state index is 9.58. The molecule has 0 rings (SSSR count). The molecule has 2 nitrogen and oxygen atoms in total. The smallest absolute Gasteiger partial charge is 0.0590 e. The molecule has 74 valence electrons. The van der Waals surface area contributed by atoms with E-state index >= 15 is 0 Å². The number of rotatable bonds is 7. The minimum Gasteiger partial charge on any atom is -0.396 e.